The molecular formula is C19H17NO3. The number of ketones is 1. The van der Waals surface area contributed by atoms with E-state index in [9.17, 15) is 9.59 Å². The highest BCUT2D eigenvalue weighted by molar-refractivity contribution is 6.10. The number of carbonyl (C=O) groups excluding carboxylic acids is 2. The lowest BCUT2D eigenvalue weighted by Gasteiger charge is -2.17. The molecular weight excluding hydrogens is 290 g/mol. The Hall–Kier alpha value is -2.88. The van der Waals surface area contributed by atoms with Crippen LogP contribution in [0, 0.1) is 0 Å². The van der Waals surface area contributed by atoms with Crippen LogP contribution in [0.2, 0.25) is 0 Å². The van der Waals surface area contributed by atoms with Crippen LogP contribution < -0.4 is 5.32 Å². The summed E-state index contributed by atoms with van der Waals surface area (Å²) < 4.78 is 4.66. The summed E-state index contributed by atoms with van der Waals surface area (Å²) >= 11 is 0. The first-order valence-corrected chi connectivity index (χ1v) is 7.45. The Morgan fingerprint density at radius 1 is 1.09 bits per heavy atom. The summed E-state index contributed by atoms with van der Waals surface area (Å²) in [5.74, 6) is -0.292. The number of nitrogens with one attached hydrogen (secondary N) is 1. The van der Waals surface area contributed by atoms with E-state index >= 15 is 0 Å². The lowest BCUT2D eigenvalue weighted by atomic mass is 9.87. The summed E-state index contributed by atoms with van der Waals surface area (Å²) in [4.78, 5) is 23.8. The molecule has 0 fully saturated rings. The second kappa shape index (κ2) is 6.48. The van der Waals surface area contributed by atoms with Crippen molar-refractivity contribution in [2.45, 2.75) is 12.8 Å². The van der Waals surface area contributed by atoms with Crippen molar-refractivity contribution in [1.29, 1.82) is 0 Å². The number of anilines is 1. The predicted molar refractivity (Wildman–Crippen MR) is 88.6 cm³/mol. The van der Waals surface area contributed by atoms with Gasteiger partial charge in [0.05, 0.1) is 12.7 Å². The van der Waals surface area contributed by atoms with Crippen molar-refractivity contribution in [3.8, 4) is 0 Å². The quantitative estimate of drug-likeness (QED) is 0.695. The minimum atomic E-state index is -0.367. The molecule has 2 aromatic carbocycles. The molecule has 0 aromatic heterocycles. The van der Waals surface area contributed by atoms with Crippen molar-refractivity contribution in [3.63, 3.8) is 0 Å². The maximum atomic E-state index is 12.5. The zero-order valence-electron chi connectivity index (χ0n) is 12.8. The summed E-state index contributed by atoms with van der Waals surface area (Å²) in [7, 11) is 1.35. The number of hydrogen-bond donors (Lipinski definition) is 1. The number of aryl methyl sites for hydroxylation is 1. The number of carbonyl (C=O) groups is 2. The van der Waals surface area contributed by atoms with Gasteiger partial charge in [-0.1, -0.05) is 24.3 Å². The minimum Gasteiger partial charge on any atom is -0.465 e. The molecule has 0 amide bonds. The molecule has 0 atom stereocenters. The first-order valence-electron chi connectivity index (χ1n) is 7.45. The van der Waals surface area contributed by atoms with Crippen LogP contribution in [0.15, 0.2) is 60.3 Å². The van der Waals surface area contributed by atoms with Gasteiger partial charge < -0.3 is 10.1 Å². The molecule has 0 saturated heterocycles. The van der Waals surface area contributed by atoms with Gasteiger partial charge in [0.1, 0.15) is 0 Å². The fraction of sp³-hybridized carbons (Fsp3) is 0.158. The molecule has 2 aromatic rings. The van der Waals surface area contributed by atoms with Gasteiger partial charge in [-0.25, -0.2) is 4.79 Å². The van der Waals surface area contributed by atoms with Crippen LogP contribution in [0.1, 0.15) is 32.7 Å². The van der Waals surface area contributed by atoms with Crippen molar-refractivity contribution in [2.75, 3.05) is 12.4 Å². The van der Waals surface area contributed by atoms with Crippen LogP contribution >= 0.6 is 0 Å². The lowest BCUT2D eigenvalue weighted by Crippen LogP contribution is -2.15. The van der Waals surface area contributed by atoms with Crippen molar-refractivity contribution < 1.29 is 14.3 Å². The molecule has 0 spiro atoms. The molecule has 0 aliphatic heterocycles. The minimum absolute atomic E-state index is 0.0746. The second-order valence-corrected chi connectivity index (χ2v) is 5.37. The van der Waals surface area contributed by atoms with Crippen molar-refractivity contribution in [2.24, 2.45) is 0 Å². The Morgan fingerprint density at radius 3 is 2.57 bits per heavy atom. The van der Waals surface area contributed by atoms with E-state index in [0.29, 0.717) is 5.56 Å². The zero-order valence-corrected chi connectivity index (χ0v) is 12.8. The molecule has 3 rings (SSSR count). The van der Waals surface area contributed by atoms with Gasteiger partial charge in [-0.3, -0.25) is 4.79 Å². The molecule has 1 N–H and O–H groups in total. The highest BCUT2D eigenvalue weighted by atomic mass is 16.5. The number of hydrogen-bond acceptors (Lipinski definition) is 4. The Bertz CT molecular complexity index is 775. The standard InChI is InChI=1S/C19H17NO3/c1-23-19(22)14-8-10-16(11-9-14)20-12-15-7-6-13-4-2-3-5-17(13)18(15)21/h2-5,8-12,20H,6-7H2,1H3/b15-12+. The number of rotatable bonds is 3. The van der Waals surface area contributed by atoms with Gasteiger partial charge in [0, 0.05) is 23.0 Å². The van der Waals surface area contributed by atoms with E-state index < -0.39 is 0 Å². The van der Waals surface area contributed by atoms with Crippen LogP contribution in [0.4, 0.5) is 5.69 Å². The van der Waals surface area contributed by atoms with Gasteiger partial charge in [-0.15, -0.1) is 0 Å². The SMILES string of the molecule is COC(=O)c1ccc(N/C=C2\CCc3ccccc3C2=O)cc1. The number of fused-ring (bicyclic) bond motifs is 1. The van der Waals surface area contributed by atoms with Crippen LogP contribution in [0.25, 0.3) is 0 Å². The summed E-state index contributed by atoms with van der Waals surface area (Å²) in [5, 5.41) is 3.12. The summed E-state index contributed by atoms with van der Waals surface area (Å²) in [5.41, 5.74) is 3.97. The first kappa shape index (κ1) is 15.0. The highest BCUT2D eigenvalue weighted by Crippen LogP contribution is 2.25. The van der Waals surface area contributed by atoms with Crippen molar-refractivity contribution in [1.82, 2.24) is 0 Å². The Kier molecular flexibility index (Phi) is 4.24. The van der Waals surface area contributed by atoms with E-state index in [-0.39, 0.29) is 11.8 Å². The molecule has 116 valence electrons. The zero-order chi connectivity index (χ0) is 16.2. The van der Waals surface area contributed by atoms with Crippen LogP contribution in [-0.4, -0.2) is 18.9 Å². The number of ether oxygens (including phenoxy) is 1. The average Bonchev–Trinajstić information content (AvgIpc) is 2.61. The van der Waals surface area contributed by atoms with Gasteiger partial charge in [0.2, 0.25) is 0 Å². The van der Waals surface area contributed by atoms with Crippen LogP contribution in [0.3, 0.4) is 0 Å². The maximum absolute atomic E-state index is 12.5. The topological polar surface area (TPSA) is 55.4 Å². The Morgan fingerprint density at radius 2 is 1.83 bits per heavy atom. The molecule has 0 radical (unpaired) electrons. The number of methoxy groups -OCH3 is 1. The summed E-state index contributed by atoms with van der Waals surface area (Å²) in [6.07, 6.45) is 3.35. The van der Waals surface area contributed by atoms with Crippen LogP contribution in [0.5, 0.6) is 0 Å². The number of benzene rings is 2. The molecule has 4 heteroatoms. The fourth-order valence-corrected chi connectivity index (χ4v) is 2.64. The van der Waals surface area contributed by atoms with Gasteiger partial charge >= 0.3 is 5.97 Å². The van der Waals surface area contributed by atoms with Gasteiger partial charge in [-0.2, -0.15) is 0 Å². The molecule has 1 aliphatic carbocycles. The van der Waals surface area contributed by atoms with Crippen LogP contribution in [-0.2, 0) is 11.2 Å². The number of allylic oxidation sites excluding steroid dienone is 1. The van der Waals surface area contributed by atoms with Crippen molar-refractivity contribution in [3.05, 3.63) is 77.0 Å². The Labute approximate surface area is 134 Å². The smallest absolute Gasteiger partial charge is 0.337 e. The Balaban J connectivity index is 1.74. The molecule has 1 aliphatic rings. The third kappa shape index (κ3) is 3.16. The summed E-state index contributed by atoms with van der Waals surface area (Å²) in [6.45, 7) is 0. The lowest BCUT2D eigenvalue weighted by molar-refractivity contribution is 0.0600. The van der Waals surface area contributed by atoms with Gasteiger partial charge in [0.15, 0.2) is 5.78 Å². The maximum Gasteiger partial charge on any atom is 0.337 e. The van der Waals surface area contributed by atoms with E-state index in [4.69, 9.17) is 0 Å². The van der Waals surface area contributed by atoms with E-state index in [1.807, 2.05) is 24.3 Å². The molecule has 0 saturated carbocycles. The number of Topliss-reactive ketones (excluding diaryl/α,β-unsaturated/α-hetero) is 1. The van der Waals surface area contributed by atoms with Crippen molar-refractivity contribution >= 4 is 17.4 Å². The third-order valence-electron chi connectivity index (χ3n) is 3.94. The second-order valence-electron chi connectivity index (χ2n) is 5.37. The van der Waals surface area contributed by atoms with Gasteiger partial charge in [-0.05, 0) is 42.7 Å². The normalized spacial score (nSPS) is 15.2. The van der Waals surface area contributed by atoms with E-state index in [1.165, 1.54) is 7.11 Å². The average molecular weight is 307 g/mol. The highest BCUT2D eigenvalue weighted by Gasteiger charge is 2.20. The third-order valence-corrected chi connectivity index (χ3v) is 3.94. The first-order chi connectivity index (χ1) is 11.2. The molecule has 0 bridgehead atoms. The largest absolute Gasteiger partial charge is 0.465 e. The predicted octanol–water partition coefficient (Wildman–Crippen LogP) is 3.60. The summed E-state index contributed by atoms with van der Waals surface area (Å²) in [6, 6.07) is 14.7. The molecule has 0 unspecified atom stereocenters. The van der Waals surface area contributed by atoms with E-state index in [1.54, 1.807) is 30.5 Å². The van der Waals surface area contributed by atoms with E-state index in [2.05, 4.69) is 10.1 Å². The molecule has 0 heterocycles. The van der Waals surface area contributed by atoms with Gasteiger partial charge in [0.25, 0.3) is 0 Å². The molecule has 4 nitrogen and oxygen atoms in total. The molecule has 23 heavy (non-hydrogen) atoms. The number of esters is 1. The monoisotopic (exact) mass is 307 g/mol. The fourth-order valence-electron chi connectivity index (χ4n) is 2.64. The van der Waals surface area contributed by atoms with E-state index in [0.717, 1.165) is 35.2 Å².